The van der Waals surface area contributed by atoms with Crippen LogP contribution in [0.5, 0.6) is 0 Å². The first kappa shape index (κ1) is 33.0. The van der Waals surface area contributed by atoms with E-state index < -0.39 is 28.5 Å². The topological polar surface area (TPSA) is 86.8 Å². The van der Waals surface area contributed by atoms with Crippen LogP contribution in [-0.2, 0) is 32.6 Å². The molecule has 0 radical (unpaired) electrons. The fourth-order valence-corrected chi connectivity index (χ4v) is 5.75. The third-order valence-corrected chi connectivity index (χ3v) is 8.88. The molecule has 12 heteroatoms. The summed E-state index contributed by atoms with van der Waals surface area (Å²) in [5.41, 5.74) is 1.53. The second kappa shape index (κ2) is 14.6. The Kier molecular flexibility index (Phi) is 11.8. The summed E-state index contributed by atoms with van der Waals surface area (Å²) in [5, 5.41) is 3.69. The summed E-state index contributed by atoms with van der Waals surface area (Å²) in [4.78, 5) is 29.2. The molecule has 0 aliphatic carbocycles. The third-order valence-electron chi connectivity index (χ3n) is 6.48. The van der Waals surface area contributed by atoms with Gasteiger partial charge in [0, 0.05) is 24.0 Å². The van der Waals surface area contributed by atoms with Crippen LogP contribution in [0.25, 0.3) is 0 Å². The quantitative estimate of drug-likeness (QED) is 0.222. The van der Waals surface area contributed by atoms with Gasteiger partial charge in [0.2, 0.25) is 21.8 Å². The Morgan fingerprint density at radius 1 is 0.878 bits per heavy atom. The molecule has 1 N–H and O–H groups in total. The highest BCUT2D eigenvalue weighted by Crippen LogP contribution is 2.35. The minimum atomic E-state index is -4.02. The minimum absolute atomic E-state index is 0.00257. The van der Waals surface area contributed by atoms with Gasteiger partial charge in [0.15, 0.2) is 0 Å². The predicted octanol–water partition coefficient (Wildman–Crippen LogP) is 6.62. The highest BCUT2D eigenvalue weighted by Gasteiger charge is 2.34. The van der Waals surface area contributed by atoms with Crippen molar-refractivity contribution >= 4 is 73.9 Å². The Bertz CT molecular complexity index is 1470. The number of nitrogens with one attached hydrogen (secondary N) is 1. The lowest BCUT2D eigenvalue weighted by Gasteiger charge is -2.34. The number of halogens is 4. The number of amides is 2. The number of hydrogen-bond donors (Lipinski definition) is 1. The second-order valence-corrected chi connectivity index (χ2v) is 13.2. The van der Waals surface area contributed by atoms with Crippen LogP contribution in [0.3, 0.4) is 0 Å². The van der Waals surface area contributed by atoms with Crippen molar-refractivity contribution in [3.05, 3.63) is 97.9 Å². The second-order valence-electron chi connectivity index (χ2n) is 9.66. The van der Waals surface area contributed by atoms with Gasteiger partial charge >= 0.3 is 0 Å². The molecule has 0 unspecified atom stereocenters. The molecule has 0 aromatic heterocycles. The summed E-state index contributed by atoms with van der Waals surface area (Å²) in [6, 6.07) is 17.7. The highest BCUT2D eigenvalue weighted by atomic mass is 35.5. The lowest BCUT2D eigenvalue weighted by atomic mass is 10.0. The van der Waals surface area contributed by atoms with Crippen LogP contribution in [0.2, 0.25) is 20.1 Å². The molecular formula is C29H31Cl4N3O4S. The molecule has 0 aliphatic rings. The summed E-state index contributed by atoms with van der Waals surface area (Å²) in [6.07, 6.45) is 1.85. The fraction of sp³-hybridized carbons (Fsp3) is 0.310. The number of anilines is 1. The smallest absolute Gasteiger partial charge is 0.244 e. The molecule has 2 atom stereocenters. The molecule has 0 spiro atoms. The van der Waals surface area contributed by atoms with Crippen LogP contribution in [0.15, 0.2) is 66.7 Å². The summed E-state index contributed by atoms with van der Waals surface area (Å²) >= 11 is 24.7. The van der Waals surface area contributed by atoms with Crippen molar-refractivity contribution < 1.29 is 18.0 Å². The van der Waals surface area contributed by atoms with E-state index in [2.05, 4.69) is 5.32 Å². The predicted molar refractivity (Wildman–Crippen MR) is 167 cm³/mol. The van der Waals surface area contributed by atoms with E-state index >= 15 is 0 Å². The van der Waals surface area contributed by atoms with E-state index in [0.29, 0.717) is 17.0 Å². The summed E-state index contributed by atoms with van der Waals surface area (Å²) in [7, 11) is -4.02. The minimum Gasteiger partial charge on any atom is -0.352 e. The van der Waals surface area contributed by atoms with Gasteiger partial charge in [-0.2, -0.15) is 0 Å². The van der Waals surface area contributed by atoms with E-state index in [9.17, 15) is 18.0 Å². The van der Waals surface area contributed by atoms with E-state index in [-0.39, 0.29) is 45.7 Å². The maximum absolute atomic E-state index is 14.1. The van der Waals surface area contributed by atoms with E-state index in [4.69, 9.17) is 46.4 Å². The Balaban J connectivity index is 2.09. The molecule has 3 aromatic rings. The van der Waals surface area contributed by atoms with E-state index in [1.807, 2.05) is 44.2 Å². The van der Waals surface area contributed by atoms with Gasteiger partial charge in [0.25, 0.3) is 0 Å². The van der Waals surface area contributed by atoms with Crippen LogP contribution >= 0.6 is 46.4 Å². The van der Waals surface area contributed by atoms with Crippen LogP contribution in [0.1, 0.15) is 31.4 Å². The van der Waals surface area contributed by atoms with Crippen molar-refractivity contribution in [2.24, 2.45) is 0 Å². The summed E-state index contributed by atoms with van der Waals surface area (Å²) < 4.78 is 26.7. The molecule has 7 nitrogen and oxygen atoms in total. The maximum Gasteiger partial charge on any atom is 0.244 e. The Labute approximate surface area is 261 Å². The normalized spacial score (nSPS) is 12.9. The zero-order valence-corrected chi connectivity index (χ0v) is 26.6. The number of sulfonamides is 1. The van der Waals surface area contributed by atoms with Crippen molar-refractivity contribution in [2.45, 2.75) is 45.3 Å². The first-order valence-corrected chi connectivity index (χ1v) is 16.2. The Morgan fingerprint density at radius 2 is 1.49 bits per heavy atom. The highest BCUT2D eigenvalue weighted by molar-refractivity contribution is 7.92. The molecule has 0 saturated heterocycles. The van der Waals surface area contributed by atoms with Crippen LogP contribution < -0.4 is 9.62 Å². The molecule has 2 amide bonds. The van der Waals surface area contributed by atoms with Crippen LogP contribution in [-0.4, -0.2) is 50.0 Å². The standard InChI is InChI=1S/C29H31Cl4N3O4S/c1-4-19(2)34-29(38)27(14-20-8-6-5-7-9-20)35(17-21-10-12-22(30)13-11-21)28(37)18-36(41(3,39)40)26-16-24(32)23(31)15-25(26)33/h5-13,15-16,19,27H,4,14,17-18H2,1-3H3,(H,34,38)/t19-,27+/m1/s1. The molecule has 41 heavy (non-hydrogen) atoms. The van der Waals surface area contributed by atoms with Crippen molar-refractivity contribution in [2.75, 3.05) is 17.1 Å². The van der Waals surface area contributed by atoms with Gasteiger partial charge in [-0.15, -0.1) is 0 Å². The number of benzene rings is 3. The van der Waals surface area contributed by atoms with E-state index in [1.165, 1.54) is 17.0 Å². The van der Waals surface area contributed by atoms with Crippen molar-refractivity contribution in [1.29, 1.82) is 0 Å². The molecule has 3 aromatic carbocycles. The summed E-state index contributed by atoms with van der Waals surface area (Å²) in [6.45, 7) is 3.21. The van der Waals surface area contributed by atoms with Crippen molar-refractivity contribution in [3.63, 3.8) is 0 Å². The molecule has 0 bridgehead atoms. The Morgan fingerprint density at radius 3 is 2.07 bits per heavy atom. The van der Waals surface area contributed by atoms with Crippen LogP contribution in [0.4, 0.5) is 5.69 Å². The first-order chi connectivity index (χ1) is 19.3. The molecule has 0 fully saturated rings. The van der Waals surface area contributed by atoms with Gasteiger partial charge < -0.3 is 10.2 Å². The van der Waals surface area contributed by atoms with Crippen molar-refractivity contribution in [3.8, 4) is 0 Å². The summed E-state index contributed by atoms with van der Waals surface area (Å²) in [5.74, 6) is -0.975. The lowest BCUT2D eigenvalue weighted by molar-refractivity contribution is -0.140. The lowest BCUT2D eigenvalue weighted by Crippen LogP contribution is -2.54. The first-order valence-electron chi connectivity index (χ1n) is 12.8. The zero-order chi connectivity index (χ0) is 30.3. The van der Waals surface area contributed by atoms with Crippen LogP contribution in [0, 0.1) is 0 Å². The number of rotatable bonds is 12. The molecule has 0 heterocycles. The number of nitrogens with zero attached hydrogens (tertiary/aromatic N) is 2. The van der Waals surface area contributed by atoms with Gasteiger partial charge in [0.05, 0.1) is 27.0 Å². The van der Waals surface area contributed by atoms with E-state index in [0.717, 1.165) is 16.1 Å². The SMILES string of the molecule is CC[C@@H](C)NC(=O)[C@H](Cc1ccccc1)N(Cc1ccc(Cl)cc1)C(=O)CN(c1cc(Cl)c(Cl)cc1Cl)S(C)(=O)=O. The Hall–Kier alpha value is -2.49. The molecular weight excluding hydrogens is 628 g/mol. The largest absolute Gasteiger partial charge is 0.352 e. The molecule has 3 rings (SSSR count). The maximum atomic E-state index is 14.1. The zero-order valence-electron chi connectivity index (χ0n) is 22.8. The van der Waals surface area contributed by atoms with Gasteiger partial charge in [0.1, 0.15) is 12.6 Å². The van der Waals surface area contributed by atoms with E-state index in [1.54, 1.807) is 24.3 Å². The number of carbonyl (C=O) groups is 2. The fourth-order valence-electron chi connectivity index (χ4n) is 4.08. The number of carbonyl (C=O) groups excluding carboxylic acids is 2. The van der Waals surface area contributed by atoms with Crippen molar-refractivity contribution in [1.82, 2.24) is 10.2 Å². The van der Waals surface area contributed by atoms with Gasteiger partial charge in [-0.25, -0.2) is 8.42 Å². The van der Waals surface area contributed by atoms with Gasteiger partial charge in [-0.1, -0.05) is 95.8 Å². The average molecular weight is 659 g/mol. The average Bonchev–Trinajstić information content (AvgIpc) is 2.92. The molecule has 0 aliphatic heterocycles. The molecule has 220 valence electrons. The van der Waals surface area contributed by atoms with Gasteiger partial charge in [-0.3, -0.25) is 13.9 Å². The monoisotopic (exact) mass is 657 g/mol. The third kappa shape index (κ3) is 9.25. The number of hydrogen-bond acceptors (Lipinski definition) is 4. The molecule has 0 saturated carbocycles. The van der Waals surface area contributed by atoms with Gasteiger partial charge in [-0.05, 0) is 48.7 Å².